The van der Waals surface area contributed by atoms with Gasteiger partial charge in [0, 0.05) is 21.7 Å². The number of aryl methyl sites for hydroxylation is 2. The quantitative estimate of drug-likeness (QED) is 0.468. The van der Waals surface area contributed by atoms with Crippen LogP contribution in [0.15, 0.2) is 42.5 Å². The predicted octanol–water partition coefficient (Wildman–Crippen LogP) is 0.851. The van der Waals surface area contributed by atoms with Crippen LogP contribution in [0.25, 0.3) is 0 Å². The zero-order valence-electron chi connectivity index (χ0n) is 15.3. The van der Waals surface area contributed by atoms with Gasteiger partial charge in [0.2, 0.25) is 0 Å². The highest BCUT2D eigenvalue weighted by molar-refractivity contribution is 7.14. The van der Waals surface area contributed by atoms with Gasteiger partial charge in [-0.1, -0.05) is 24.3 Å². The number of fused-ring (bicyclic) bond motifs is 3. The number of hydrogen-bond donors (Lipinski definition) is 2. The van der Waals surface area contributed by atoms with Crippen LogP contribution in [0.5, 0.6) is 0 Å². The van der Waals surface area contributed by atoms with Crippen molar-refractivity contribution < 1.29 is 26.8 Å². The van der Waals surface area contributed by atoms with Crippen LogP contribution in [0.2, 0.25) is 0 Å². The highest BCUT2D eigenvalue weighted by Gasteiger charge is 2.33. The number of nitrogens with two attached hydrogens (primary N) is 1. The molecule has 7 heteroatoms. The Balaban J connectivity index is 0.00000205. The van der Waals surface area contributed by atoms with Gasteiger partial charge in [0.25, 0.3) is 5.91 Å². The molecule has 3 aromatic rings. The highest BCUT2D eigenvalue weighted by atomic mass is 35.5. The molecule has 1 heterocycles. The van der Waals surface area contributed by atoms with E-state index in [1.165, 1.54) is 21.8 Å². The van der Waals surface area contributed by atoms with E-state index in [-0.39, 0.29) is 46.7 Å². The summed E-state index contributed by atoms with van der Waals surface area (Å²) in [5.74, 6) is -0.874. The van der Waals surface area contributed by atoms with Crippen LogP contribution in [0.3, 0.4) is 0 Å². The minimum absolute atomic E-state index is 0. The molecule has 1 aromatic heterocycles. The third-order valence-corrected chi connectivity index (χ3v) is 6.56. The van der Waals surface area contributed by atoms with Gasteiger partial charge in [-0.05, 0) is 43.0 Å². The minimum atomic E-state index is -0.304. The fourth-order valence-electron chi connectivity index (χ4n) is 3.98. The van der Waals surface area contributed by atoms with Crippen molar-refractivity contribution in [2.24, 2.45) is 0 Å². The van der Waals surface area contributed by atoms with Crippen LogP contribution < -0.4 is 23.5 Å². The fraction of sp³-hybridized carbons (Fsp3) is 0.136. The molecule has 3 N–H and O–H groups in total. The number of anilines is 2. The molecule has 2 aromatic carbocycles. The first kappa shape index (κ1) is 19.4. The molecule has 5 rings (SSSR count). The van der Waals surface area contributed by atoms with E-state index in [0.29, 0.717) is 21.7 Å². The molecule has 0 saturated carbocycles. The zero-order valence-corrected chi connectivity index (χ0v) is 16.8. The third-order valence-electron chi connectivity index (χ3n) is 5.33. The number of thiophene rings is 1. The number of halogens is 1. The molecule has 0 saturated heterocycles. The lowest BCUT2D eigenvalue weighted by molar-refractivity contribution is -0.0000269. The number of nitrogens with one attached hydrogen (secondary N) is 1. The third kappa shape index (κ3) is 2.96. The van der Waals surface area contributed by atoms with Crippen LogP contribution in [0.1, 0.15) is 58.4 Å². The Hall–Kier alpha value is -2.96. The first-order chi connectivity index (χ1) is 13.5. The maximum absolute atomic E-state index is 13.1. The van der Waals surface area contributed by atoms with Gasteiger partial charge in [0.15, 0.2) is 11.6 Å². The molecule has 0 radical (unpaired) electrons. The van der Waals surface area contributed by atoms with Gasteiger partial charge in [0.1, 0.15) is 0 Å². The molecule has 2 aliphatic carbocycles. The topological polar surface area (TPSA) is 89.3 Å². The summed E-state index contributed by atoms with van der Waals surface area (Å²) in [6.45, 7) is 0. The average molecular weight is 424 g/mol. The number of amides is 1. The first-order valence-electron chi connectivity index (χ1n) is 9.08. The molecule has 1 amide bonds. The molecular formula is C22H16ClN2O3S-. The van der Waals surface area contributed by atoms with E-state index in [1.54, 1.807) is 36.4 Å². The van der Waals surface area contributed by atoms with Crippen LogP contribution in [-0.2, 0) is 12.8 Å². The normalized spacial score (nSPS) is 13.9. The van der Waals surface area contributed by atoms with Crippen molar-refractivity contribution >= 4 is 40.2 Å². The van der Waals surface area contributed by atoms with Crippen LogP contribution in [-0.4, -0.2) is 17.5 Å². The van der Waals surface area contributed by atoms with Gasteiger partial charge in [-0.25, -0.2) is 0 Å². The summed E-state index contributed by atoms with van der Waals surface area (Å²) in [6, 6.07) is 11.7. The number of rotatable bonds is 2. The van der Waals surface area contributed by atoms with Gasteiger partial charge in [-0.2, -0.15) is 0 Å². The van der Waals surface area contributed by atoms with E-state index in [4.69, 9.17) is 5.73 Å². The number of hydrogen-bond acceptors (Lipinski definition) is 5. The molecule has 0 unspecified atom stereocenters. The van der Waals surface area contributed by atoms with Gasteiger partial charge in [-0.15, -0.1) is 11.3 Å². The van der Waals surface area contributed by atoms with Crippen LogP contribution >= 0.6 is 11.3 Å². The zero-order chi connectivity index (χ0) is 19.4. The predicted molar refractivity (Wildman–Crippen MR) is 108 cm³/mol. The van der Waals surface area contributed by atoms with Crippen molar-refractivity contribution in [1.82, 2.24) is 0 Å². The Bertz CT molecular complexity index is 1180. The molecule has 29 heavy (non-hydrogen) atoms. The van der Waals surface area contributed by atoms with Crippen molar-refractivity contribution in [3.8, 4) is 0 Å². The lowest BCUT2D eigenvalue weighted by atomic mass is 9.82. The first-order valence-corrected chi connectivity index (χ1v) is 9.90. The second kappa shape index (κ2) is 7.13. The average Bonchev–Trinajstić information content (AvgIpc) is 3.29. The Kier molecular flexibility index (Phi) is 4.76. The summed E-state index contributed by atoms with van der Waals surface area (Å²) in [6.07, 6.45) is 3.14. The van der Waals surface area contributed by atoms with E-state index in [0.717, 1.165) is 19.3 Å². The Morgan fingerprint density at radius 2 is 1.66 bits per heavy atom. The summed E-state index contributed by atoms with van der Waals surface area (Å²) < 4.78 is 0. The summed E-state index contributed by atoms with van der Waals surface area (Å²) in [5, 5.41) is 2.83. The number of ketones is 2. The van der Waals surface area contributed by atoms with Crippen molar-refractivity contribution in [2.75, 3.05) is 11.1 Å². The Labute approximate surface area is 177 Å². The van der Waals surface area contributed by atoms with Crippen LogP contribution in [0, 0.1) is 0 Å². The van der Waals surface area contributed by atoms with Gasteiger partial charge in [-0.3, -0.25) is 14.4 Å². The maximum Gasteiger partial charge on any atom is 0.265 e. The Morgan fingerprint density at radius 3 is 2.34 bits per heavy atom. The minimum Gasteiger partial charge on any atom is -1.00 e. The molecule has 146 valence electrons. The van der Waals surface area contributed by atoms with Crippen LogP contribution in [0.4, 0.5) is 11.4 Å². The van der Waals surface area contributed by atoms with Gasteiger partial charge in [0.05, 0.1) is 21.7 Å². The molecule has 0 aliphatic heterocycles. The molecule has 0 fully saturated rings. The molecular weight excluding hydrogens is 408 g/mol. The van der Waals surface area contributed by atoms with Crippen molar-refractivity contribution in [3.63, 3.8) is 0 Å². The van der Waals surface area contributed by atoms with Crippen molar-refractivity contribution in [3.05, 3.63) is 80.0 Å². The highest BCUT2D eigenvalue weighted by Crippen LogP contribution is 2.36. The smallest absolute Gasteiger partial charge is 0.265 e. The SMILES string of the molecule is Nc1ccc(NC(=O)c2cc3c(s2)CCC3)c2c1C(=O)c1ccccc1C2=O.[Cl-]. The molecule has 0 spiro atoms. The second-order valence-corrected chi connectivity index (χ2v) is 8.16. The number of benzene rings is 2. The summed E-state index contributed by atoms with van der Waals surface area (Å²) in [7, 11) is 0. The molecule has 0 bridgehead atoms. The second-order valence-electron chi connectivity index (χ2n) is 7.02. The standard InChI is InChI=1S/C22H16N2O3S.ClH/c23-14-8-9-15(24-22(27)17-10-11-4-3-7-16(11)28-17)19-18(14)20(25)12-5-1-2-6-13(12)21(19)26;/h1-2,5-6,8-10H,3-4,7,23H2,(H,24,27);1H/p-1. The summed E-state index contributed by atoms with van der Waals surface area (Å²) in [5.41, 5.74) is 8.80. The maximum atomic E-state index is 13.1. The molecule has 0 atom stereocenters. The van der Waals surface area contributed by atoms with E-state index in [1.807, 2.05) is 6.07 Å². The monoisotopic (exact) mass is 423 g/mol. The van der Waals surface area contributed by atoms with E-state index < -0.39 is 0 Å². The molecule has 2 aliphatic rings. The largest absolute Gasteiger partial charge is 1.00 e. The number of nitrogen functional groups attached to an aromatic ring is 1. The van der Waals surface area contributed by atoms with Gasteiger partial charge >= 0.3 is 0 Å². The molecule has 5 nitrogen and oxygen atoms in total. The summed E-state index contributed by atoms with van der Waals surface area (Å²) >= 11 is 1.49. The Morgan fingerprint density at radius 1 is 0.966 bits per heavy atom. The van der Waals surface area contributed by atoms with Crippen molar-refractivity contribution in [2.45, 2.75) is 19.3 Å². The lowest BCUT2D eigenvalue weighted by Gasteiger charge is -2.21. The van der Waals surface area contributed by atoms with E-state index >= 15 is 0 Å². The number of carbonyl (C=O) groups is 3. The van der Waals surface area contributed by atoms with Crippen molar-refractivity contribution in [1.29, 1.82) is 0 Å². The number of carbonyl (C=O) groups excluding carboxylic acids is 3. The lowest BCUT2D eigenvalue weighted by Crippen LogP contribution is -3.00. The van der Waals surface area contributed by atoms with E-state index in [2.05, 4.69) is 5.32 Å². The summed E-state index contributed by atoms with van der Waals surface area (Å²) in [4.78, 5) is 40.7. The van der Waals surface area contributed by atoms with E-state index in [9.17, 15) is 14.4 Å². The fourth-order valence-corrected chi connectivity index (χ4v) is 5.13. The van der Waals surface area contributed by atoms with Gasteiger partial charge < -0.3 is 23.5 Å².